The SMILES string of the molecule is Cc1csc(CNC(C)C)c1S(=O)(=O)NC1CCCSC1. The van der Waals surface area contributed by atoms with Gasteiger partial charge in [0, 0.05) is 29.3 Å². The highest BCUT2D eigenvalue weighted by Gasteiger charge is 2.27. The molecule has 0 radical (unpaired) electrons. The van der Waals surface area contributed by atoms with Crippen LogP contribution in [0.15, 0.2) is 10.3 Å². The fourth-order valence-corrected chi connectivity index (χ4v) is 6.59. The maximum Gasteiger partial charge on any atom is 0.242 e. The Morgan fingerprint density at radius 1 is 1.43 bits per heavy atom. The average Bonchev–Trinajstić information content (AvgIpc) is 2.79. The van der Waals surface area contributed by atoms with Crippen LogP contribution in [0.1, 0.15) is 37.1 Å². The minimum absolute atomic E-state index is 0.0685. The number of rotatable bonds is 6. The Morgan fingerprint density at radius 3 is 2.81 bits per heavy atom. The van der Waals surface area contributed by atoms with Crippen LogP contribution in [-0.2, 0) is 16.6 Å². The van der Waals surface area contributed by atoms with Crippen molar-refractivity contribution in [2.24, 2.45) is 0 Å². The lowest BCUT2D eigenvalue weighted by atomic mass is 10.2. The summed E-state index contributed by atoms with van der Waals surface area (Å²) in [5, 5.41) is 5.24. The van der Waals surface area contributed by atoms with Crippen molar-refractivity contribution in [3.8, 4) is 0 Å². The number of hydrogen-bond donors (Lipinski definition) is 2. The molecule has 1 atom stereocenters. The lowest BCUT2D eigenvalue weighted by Gasteiger charge is -2.22. The van der Waals surface area contributed by atoms with Crippen molar-refractivity contribution in [2.45, 2.75) is 57.1 Å². The van der Waals surface area contributed by atoms with Crippen LogP contribution >= 0.6 is 23.1 Å². The molecule has 21 heavy (non-hydrogen) atoms. The van der Waals surface area contributed by atoms with Gasteiger partial charge in [-0.25, -0.2) is 13.1 Å². The van der Waals surface area contributed by atoms with Crippen molar-refractivity contribution < 1.29 is 8.42 Å². The summed E-state index contributed by atoms with van der Waals surface area (Å²) < 4.78 is 28.3. The predicted octanol–water partition coefficient (Wildman–Crippen LogP) is 2.73. The molecule has 0 spiro atoms. The molecule has 120 valence electrons. The molecule has 7 heteroatoms. The smallest absolute Gasteiger partial charge is 0.242 e. The van der Waals surface area contributed by atoms with Crippen molar-refractivity contribution in [1.82, 2.24) is 10.0 Å². The Kier molecular flexibility index (Phi) is 6.14. The van der Waals surface area contributed by atoms with E-state index in [1.54, 1.807) is 0 Å². The summed E-state index contributed by atoms with van der Waals surface area (Å²) in [6.45, 7) is 6.60. The van der Waals surface area contributed by atoms with E-state index in [0.717, 1.165) is 34.8 Å². The molecule has 1 aliphatic rings. The Bertz CT molecular complexity index is 561. The molecule has 2 rings (SSSR count). The van der Waals surface area contributed by atoms with Crippen molar-refractivity contribution in [3.05, 3.63) is 15.8 Å². The van der Waals surface area contributed by atoms with Gasteiger partial charge in [0.1, 0.15) is 4.90 Å². The normalized spacial score (nSPS) is 20.1. The first kappa shape index (κ1) is 17.3. The average molecular weight is 349 g/mol. The topological polar surface area (TPSA) is 58.2 Å². The van der Waals surface area contributed by atoms with Crippen molar-refractivity contribution in [2.75, 3.05) is 11.5 Å². The molecular weight excluding hydrogens is 324 g/mol. The molecule has 1 unspecified atom stereocenters. The van der Waals surface area contributed by atoms with Gasteiger partial charge in [0.25, 0.3) is 0 Å². The Morgan fingerprint density at radius 2 is 2.19 bits per heavy atom. The third-order valence-electron chi connectivity index (χ3n) is 3.41. The Hall–Kier alpha value is -0.0800. The maximum atomic E-state index is 12.7. The zero-order chi connectivity index (χ0) is 15.5. The third-order valence-corrected chi connectivity index (χ3v) is 7.61. The van der Waals surface area contributed by atoms with Gasteiger partial charge in [0.05, 0.1) is 0 Å². The van der Waals surface area contributed by atoms with E-state index in [-0.39, 0.29) is 6.04 Å². The quantitative estimate of drug-likeness (QED) is 0.830. The molecule has 0 aromatic carbocycles. The number of thioether (sulfide) groups is 1. The first-order chi connectivity index (χ1) is 9.90. The van der Waals surface area contributed by atoms with Crippen LogP contribution in [0.25, 0.3) is 0 Å². The second kappa shape index (κ2) is 7.46. The second-order valence-electron chi connectivity index (χ2n) is 5.74. The highest BCUT2D eigenvalue weighted by Crippen LogP contribution is 2.28. The van der Waals surface area contributed by atoms with Crippen LogP contribution in [-0.4, -0.2) is 32.0 Å². The first-order valence-corrected chi connectivity index (χ1v) is 10.8. The van der Waals surface area contributed by atoms with Gasteiger partial charge in [-0.15, -0.1) is 11.3 Å². The summed E-state index contributed by atoms with van der Waals surface area (Å²) in [7, 11) is -3.42. The minimum atomic E-state index is -3.42. The molecule has 4 nitrogen and oxygen atoms in total. The van der Waals surface area contributed by atoms with Crippen LogP contribution in [0.3, 0.4) is 0 Å². The van der Waals surface area contributed by atoms with E-state index in [1.807, 2.05) is 24.1 Å². The number of aryl methyl sites for hydroxylation is 1. The van der Waals surface area contributed by atoms with Gasteiger partial charge in [-0.2, -0.15) is 11.8 Å². The van der Waals surface area contributed by atoms with Crippen LogP contribution < -0.4 is 10.0 Å². The molecule has 1 aliphatic heterocycles. The summed E-state index contributed by atoms with van der Waals surface area (Å²) in [6, 6.07) is 0.407. The summed E-state index contributed by atoms with van der Waals surface area (Å²) in [5.41, 5.74) is 0.844. The number of sulfonamides is 1. The standard InChI is InChI=1S/C14H24N2O2S3/c1-10(2)15-7-13-14(11(3)8-20-13)21(17,18)16-12-5-4-6-19-9-12/h8,10,12,15-16H,4-7,9H2,1-3H3. The van der Waals surface area contributed by atoms with Gasteiger partial charge >= 0.3 is 0 Å². The Labute approximate surface area is 136 Å². The summed E-state index contributed by atoms with van der Waals surface area (Å²) in [4.78, 5) is 1.38. The van der Waals surface area contributed by atoms with E-state index in [1.165, 1.54) is 11.3 Å². The van der Waals surface area contributed by atoms with E-state index in [4.69, 9.17) is 0 Å². The zero-order valence-corrected chi connectivity index (χ0v) is 15.3. The number of nitrogens with one attached hydrogen (secondary N) is 2. The fraction of sp³-hybridized carbons (Fsp3) is 0.714. The molecule has 1 fully saturated rings. The van der Waals surface area contributed by atoms with Crippen LogP contribution in [0.2, 0.25) is 0 Å². The summed E-state index contributed by atoms with van der Waals surface area (Å²) in [5.74, 6) is 2.02. The molecule has 1 aromatic rings. The van der Waals surface area contributed by atoms with Crippen molar-refractivity contribution in [3.63, 3.8) is 0 Å². The molecular formula is C14H24N2O2S3. The van der Waals surface area contributed by atoms with E-state index >= 15 is 0 Å². The first-order valence-electron chi connectivity index (χ1n) is 7.30. The fourth-order valence-electron chi connectivity index (χ4n) is 2.38. The zero-order valence-electron chi connectivity index (χ0n) is 12.8. The molecule has 0 amide bonds. The van der Waals surface area contributed by atoms with Gasteiger partial charge < -0.3 is 5.32 Å². The molecule has 1 aromatic heterocycles. The Balaban J connectivity index is 2.16. The van der Waals surface area contributed by atoms with Gasteiger partial charge in [-0.1, -0.05) is 13.8 Å². The highest BCUT2D eigenvalue weighted by molar-refractivity contribution is 7.99. The van der Waals surface area contributed by atoms with Gasteiger partial charge in [0.2, 0.25) is 10.0 Å². The van der Waals surface area contributed by atoms with E-state index < -0.39 is 10.0 Å². The number of hydrogen-bond acceptors (Lipinski definition) is 5. The maximum absolute atomic E-state index is 12.7. The minimum Gasteiger partial charge on any atom is -0.310 e. The van der Waals surface area contributed by atoms with Gasteiger partial charge in [0.15, 0.2) is 0 Å². The lowest BCUT2D eigenvalue weighted by molar-refractivity contribution is 0.539. The van der Waals surface area contributed by atoms with Crippen LogP contribution in [0.5, 0.6) is 0 Å². The molecule has 0 bridgehead atoms. The highest BCUT2D eigenvalue weighted by atomic mass is 32.2. The second-order valence-corrected chi connectivity index (χ2v) is 9.51. The van der Waals surface area contributed by atoms with E-state index in [9.17, 15) is 8.42 Å². The summed E-state index contributed by atoms with van der Waals surface area (Å²) >= 11 is 3.35. The third kappa shape index (κ3) is 4.69. The molecule has 2 heterocycles. The van der Waals surface area contributed by atoms with Gasteiger partial charge in [-0.3, -0.25) is 0 Å². The van der Waals surface area contributed by atoms with Crippen LogP contribution in [0.4, 0.5) is 0 Å². The molecule has 0 aliphatic carbocycles. The van der Waals surface area contributed by atoms with Gasteiger partial charge in [-0.05, 0) is 36.5 Å². The number of thiophene rings is 1. The largest absolute Gasteiger partial charge is 0.310 e. The van der Waals surface area contributed by atoms with E-state index in [0.29, 0.717) is 17.5 Å². The van der Waals surface area contributed by atoms with Crippen molar-refractivity contribution >= 4 is 33.1 Å². The lowest BCUT2D eigenvalue weighted by Crippen LogP contribution is -2.38. The van der Waals surface area contributed by atoms with Crippen molar-refractivity contribution in [1.29, 1.82) is 0 Å². The van der Waals surface area contributed by atoms with Crippen LogP contribution in [0, 0.1) is 6.92 Å². The molecule has 1 saturated heterocycles. The predicted molar refractivity (Wildman–Crippen MR) is 91.7 cm³/mol. The molecule has 0 saturated carbocycles. The monoisotopic (exact) mass is 348 g/mol. The summed E-state index contributed by atoms with van der Waals surface area (Å²) in [6.07, 6.45) is 2.03. The molecule has 2 N–H and O–H groups in total. The van der Waals surface area contributed by atoms with E-state index in [2.05, 4.69) is 23.9 Å².